The summed E-state index contributed by atoms with van der Waals surface area (Å²) < 4.78 is 79.2. The quantitative estimate of drug-likeness (QED) is 0.197. The van der Waals surface area contributed by atoms with E-state index in [-0.39, 0.29) is 31.2 Å². The molecule has 2 aromatic heterocycles. The van der Waals surface area contributed by atoms with Gasteiger partial charge in [-0.05, 0) is 93.9 Å². The van der Waals surface area contributed by atoms with Gasteiger partial charge in [-0.1, -0.05) is 7.43 Å². The number of carbonyl (C=O) groups is 4. The van der Waals surface area contributed by atoms with Gasteiger partial charge in [-0.2, -0.15) is 16.8 Å². The topological polar surface area (TPSA) is 268 Å². The van der Waals surface area contributed by atoms with Crippen LogP contribution in [0.3, 0.4) is 0 Å². The molecule has 0 N–H and O–H groups in total. The lowest BCUT2D eigenvalue weighted by molar-refractivity contribution is 0.0192. The van der Waals surface area contributed by atoms with Crippen LogP contribution in [0.25, 0.3) is 0 Å². The molecule has 2 amide bonds. The van der Waals surface area contributed by atoms with E-state index in [2.05, 4.69) is 19.4 Å². The number of methoxy groups -OCH3 is 2. The minimum Gasteiger partial charge on any atom is -0.464 e. The Balaban J connectivity index is 0.000000427. The Morgan fingerprint density at radius 2 is 0.921 bits per heavy atom. The van der Waals surface area contributed by atoms with Crippen LogP contribution in [0.4, 0.5) is 9.59 Å². The molecular weight excluding hydrogens is 873 g/mol. The predicted octanol–water partition coefficient (Wildman–Crippen LogP) is 4.68. The minimum absolute atomic E-state index is 0. The van der Waals surface area contributed by atoms with Gasteiger partial charge in [0.05, 0.1) is 38.8 Å². The normalized spacial score (nSPS) is 18.8. The third-order valence-corrected chi connectivity index (χ3v) is 10.3. The average Bonchev–Trinajstić information content (AvgIpc) is 3.40. The highest BCUT2D eigenvalue weighted by Crippen LogP contribution is 2.35. The summed E-state index contributed by atoms with van der Waals surface area (Å²) >= 11 is 0. The Hall–Kier alpha value is -5.26. The van der Waals surface area contributed by atoms with Crippen molar-refractivity contribution in [1.82, 2.24) is 28.9 Å². The molecule has 4 atom stereocenters. The fourth-order valence-electron chi connectivity index (χ4n) is 6.70. The summed E-state index contributed by atoms with van der Waals surface area (Å²) in [6.45, 7) is 13.9. The van der Waals surface area contributed by atoms with Gasteiger partial charge in [0.25, 0.3) is 11.1 Å². The second kappa shape index (κ2) is 20.5. The molecular formula is C39H62N6O16S2. The van der Waals surface area contributed by atoms with E-state index in [9.17, 15) is 45.6 Å². The Kier molecular flexibility index (Phi) is 17.5. The van der Waals surface area contributed by atoms with E-state index < -0.39 is 102 Å². The molecule has 0 aromatic carbocycles. The molecule has 2 aliphatic heterocycles. The average molecular weight is 935 g/mol. The molecule has 4 heterocycles. The van der Waals surface area contributed by atoms with Gasteiger partial charge in [-0.25, -0.2) is 29.1 Å². The number of fused-ring (bicyclic) bond motifs is 2. The van der Waals surface area contributed by atoms with Crippen molar-refractivity contribution >= 4 is 44.4 Å². The molecule has 0 bridgehead atoms. The van der Waals surface area contributed by atoms with Gasteiger partial charge in [-0.3, -0.25) is 18.7 Å². The lowest BCUT2D eigenvalue weighted by Gasteiger charge is -2.31. The molecule has 22 nitrogen and oxygen atoms in total. The SMILES string of the molecule is C.COC(=O)c1nc2n(c(=O)c1OS(C)(=O)=O)[C@@H](C)CCC[C@@H]2N(C)C(=O)OC(C)(C)C.COC(=O)c1nc2n(c(=O)c1OS(C)(=O)=O)[C@H](C)CCC[C@H]2N(C)C(=O)OC(C)(C)C. The van der Waals surface area contributed by atoms with Crippen LogP contribution in [0.15, 0.2) is 9.59 Å². The summed E-state index contributed by atoms with van der Waals surface area (Å²) in [5.41, 5.74) is -4.29. The number of amides is 2. The maximum absolute atomic E-state index is 13.3. The lowest BCUT2D eigenvalue weighted by atomic mass is 10.1. The molecule has 2 aliphatic rings. The van der Waals surface area contributed by atoms with Gasteiger partial charge in [0, 0.05) is 26.2 Å². The summed E-state index contributed by atoms with van der Waals surface area (Å²) in [6.07, 6.45) is 3.63. The second-order valence-corrected chi connectivity index (χ2v) is 20.1. The minimum atomic E-state index is -4.13. The van der Waals surface area contributed by atoms with Crippen LogP contribution in [-0.4, -0.2) is 122 Å². The van der Waals surface area contributed by atoms with E-state index in [1.54, 1.807) is 55.4 Å². The smallest absolute Gasteiger partial charge is 0.410 e. The van der Waals surface area contributed by atoms with E-state index in [4.69, 9.17) is 17.8 Å². The Bertz CT molecular complexity index is 2220. The summed E-state index contributed by atoms with van der Waals surface area (Å²) in [5.74, 6) is -3.27. The first-order valence-corrected chi connectivity index (χ1v) is 23.2. The largest absolute Gasteiger partial charge is 0.464 e. The third-order valence-electron chi connectivity index (χ3n) is 9.40. The number of aromatic nitrogens is 4. The van der Waals surface area contributed by atoms with Crippen molar-refractivity contribution in [3.8, 4) is 11.5 Å². The number of rotatable bonds is 8. The van der Waals surface area contributed by atoms with Gasteiger partial charge in [0.2, 0.25) is 11.5 Å². The van der Waals surface area contributed by atoms with Gasteiger partial charge < -0.3 is 37.1 Å². The third kappa shape index (κ3) is 13.9. The molecule has 63 heavy (non-hydrogen) atoms. The Morgan fingerprint density at radius 3 is 1.17 bits per heavy atom. The van der Waals surface area contributed by atoms with E-state index in [1.807, 2.05) is 0 Å². The lowest BCUT2D eigenvalue weighted by Crippen LogP contribution is -2.40. The first-order chi connectivity index (χ1) is 28.3. The number of ether oxygens (including phenoxy) is 4. The van der Waals surface area contributed by atoms with Gasteiger partial charge >= 0.3 is 44.4 Å². The fraction of sp³-hybridized carbons (Fsp3) is 0.692. The highest BCUT2D eigenvalue weighted by Gasteiger charge is 2.38. The van der Waals surface area contributed by atoms with Crippen molar-refractivity contribution < 1.29 is 63.3 Å². The van der Waals surface area contributed by atoms with Crippen LogP contribution in [-0.2, 0) is 39.2 Å². The molecule has 0 spiro atoms. The summed E-state index contributed by atoms with van der Waals surface area (Å²) in [6, 6.07) is -2.13. The standard InChI is InChI=1S/2C19H29N3O8S.CH4/c2*1-11-9-8-10-12(21(5)18(25)29-19(2,3)4)15-20-13(17(24)28-6)14(16(23)22(11)15)30-31(7,26)27;/h2*11-12H,8-10H2,1-7H3;1H4/t2*11-,12-;/m10./s1. The first-order valence-electron chi connectivity index (χ1n) is 19.5. The fourth-order valence-corrected chi connectivity index (χ4v) is 7.60. The van der Waals surface area contributed by atoms with Gasteiger partial charge in [0.15, 0.2) is 11.4 Å². The van der Waals surface area contributed by atoms with Crippen molar-refractivity contribution in [3.05, 3.63) is 43.7 Å². The zero-order valence-electron chi connectivity index (χ0n) is 37.6. The molecule has 2 aromatic rings. The zero-order chi connectivity index (χ0) is 47.4. The Morgan fingerprint density at radius 1 is 0.619 bits per heavy atom. The summed E-state index contributed by atoms with van der Waals surface area (Å²) in [5, 5.41) is 0. The van der Waals surface area contributed by atoms with Crippen molar-refractivity contribution in [2.45, 2.75) is 137 Å². The molecule has 0 radical (unpaired) electrons. The van der Waals surface area contributed by atoms with E-state index >= 15 is 0 Å². The molecule has 0 unspecified atom stereocenters. The van der Waals surface area contributed by atoms with E-state index in [0.29, 0.717) is 38.5 Å². The number of carbonyl (C=O) groups excluding carboxylic acids is 4. The van der Waals surface area contributed by atoms with Crippen molar-refractivity contribution in [1.29, 1.82) is 0 Å². The molecule has 0 saturated heterocycles. The highest BCUT2D eigenvalue weighted by molar-refractivity contribution is 7.86. The highest BCUT2D eigenvalue weighted by atomic mass is 32.2. The number of esters is 2. The molecule has 0 saturated carbocycles. The molecule has 356 valence electrons. The van der Waals surface area contributed by atoms with Gasteiger partial charge in [0.1, 0.15) is 22.9 Å². The maximum atomic E-state index is 13.3. The number of hydrogen-bond donors (Lipinski definition) is 0. The molecule has 0 aliphatic carbocycles. The van der Waals surface area contributed by atoms with Crippen molar-refractivity contribution in [3.63, 3.8) is 0 Å². The number of hydrogen-bond acceptors (Lipinski definition) is 18. The molecule has 4 rings (SSSR count). The first kappa shape index (κ1) is 53.9. The van der Waals surface area contributed by atoms with Crippen LogP contribution in [0.2, 0.25) is 0 Å². The van der Waals surface area contributed by atoms with Crippen LogP contribution in [0.1, 0.15) is 158 Å². The second-order valence-electron chi connectivity index (χ2n) is 17.0. The van der Waals surface area contributed by atoms with Crippen molar-refractivity contribution in [2.24, 2.45) is 0 Å². The van der Waals surface area contributed by atoms with E-state index in [0.717, 1.165) is 26.7 Å². The van der Waals surface area contributed by atoms with Crippen LogP contribution < -0.4 is 19.5 Å². The molecule has 0 fully saturated rings. The van der Waals surface area contributed by atoms with Crippen LogP contribution in [0.5, 0.6) is 11.5 Å². The van der Waals surface area contributed by atoms with E-state index in [1.165, 1.54) is 33.0 Å². The molecule has 24 heteroatoms. The maximum Gasteiger partial charge on any atom is 0.410 e. The zero-order valence-corrected chi connectivity index (χ0v) is 39.2. The predicted molar refractivity (Wildman–Crippen MR) is 228 cm³/mol. The Labute approximate surface area is 368 Å². The summed E-state index contributed by atoms with van der Waals surface area (Å²) in [7, 11) is -3.07. The summed E-state index contributed by atoms with van der Waals surface area (Å²) in [4.78, 5) is 87.6. The monoisotopic (exact) mass is 934 g/mol. The number of nitrogens with zero attached hydrogens (tertiary/aromatic N) is 6. The van der Waals surface area contributed by atoms with Crippen LogP contribution in [0, 0.1) is 0 Å². The van der Waals surface area contributed by atoms with Crippen molar-refractivity contribution in [2.75, 3.05) is 40.8 Å². The van der Waals surface area contributed by atoms with Crippen LogP contribution >= 0.6 is 0 Å². The van der Waals surface area contributed by atoms with Gasteiger partial charge in [-0.15, -0.1) is 0 Å².